The van der Waals surface area contributed by atoms with Crippen LogP contribution in [-0.4, -0.2) is 4.98 Å². The first-order valence-corrected chi connectivity index (χ1v) is 7.86. The summed E-state index contributed by atoms with van der Waals surface area (Å²) in [6, 6.07) is 15.8. The van der Waals surface area contributed by atoms with E-state index in [1.807, 2.05) is 54.9 Å². The van der Waals surface area contributed by atoms with Gasteiger partial charge in [-0.25, -0.2) is 4.98 Å². The molecule has 0 fully saturated rings. The van der Waals surface area contributed by atoms with Crippen molar-refractivity contribution in [2.45, 2.75) is 13.5 Å². The minimum atomic E-state index is 0.506. The maximum atomic E-state index is 5.98. The van der Waals surface area contributed by atoms with Crippen molar-refractivity contribution in [3.05, 3.63) is 70.3 Å². The summed E-state index contributed by atoms with van der Waals surface area (Å²) in [5, 5.41) is 0.727. The molecule has 2 nitrogen and oxygen atoms in total. The second-order valence-corrected chi connectivity index (χ2v) is 6.00. The summed E-state index contributed by atoms with van der Waals surface area (Å²) in [7, 11) is 0. The molecule has 0 radical (unpaired) electrons. The molecule has 3 aromatic rings. The summed E-state index contributed by atoms with van der Waals surface area (Å²) < 4.78 is 5.85. The van der Waals surface area contributed by atoms with E-state index >= 15 is 0 Å². The lowest BCUT2D eigenvalue weighted by atomic mass is 10.1. The minimum absolute atomic E-state index is 0.506. The molecule has 21 heavy (non-hydrogen) atoms. The molecule has 0 N–H and O–H groups in total. The number of benzene rings is 2. The molecule has 106 valence electrons. The average molecular weight is 316 g/mol. The highest BCUT2D eigenvalue weighted by molar-refractivity contribution is 7.13. The van der Waals surface area contributed by atoms with Gasteiger partial charge in [-0.2, -0.15) is 0 Å². The van der Waals surface area contributed by atoms with Gasteiger partial charge in [0.2, 0.25) is 0 Å². The van der Waals surface area contributed by atoms with E-state index in [-0.39, 0.29) is 0 Å². The van der Waals surface area contributed by atoms with Gasteiger partial charge in [-0.15, -0.1) is 11.3 Å². The fraction of sp³-hybridized carbons (Fsp3) is 0.118. The van der Waals surface area contributed by atoms with E-state index in [1.165, 1.54) is 4.88 Å². The van der Waals surface area contributed by atoms with E-state index in [0.29, 0.717) is 6.61 Å². The summed E-state index contributed by atoms with van der Waals surface area (Å²) in [6.45, 7) is 2.52. The summed E-state index contributed by atoms with van der Waals surface area (Å²) in [5.41, 5.74) is 5.11. The molecule has 4 heteroatoms. The summed E-state index contributed by atoms with van der Waals surface area (Å²) >= 11 is 7.62. The molecule has 2 aromatic carbocycles. The van der Waals surface area contributed by atoms with Crippen molar-refractivity contribution in [3.8, 4) is 16.2 Å². The topological polar surface area (TPSA) is 22.1 Å². The maximum Gasteiger partial charge on any atom is 0.120 e. The molecule has 3 rings (SSSR count). The molecule has 0 aliphatic rings. The van der Waals surface area contributed by atoms with Gasteiger partial charge in [0.25, 0.3) is 0 Å². The smallest absolute Gasteiger partial charge is 0.120 e. The minimum Gasteiger partial charge on any atom is -0.489 e. The Balaban J connectivity index is 1.76. The Bertz CT molecular complexity index is 754. The Morgan fingerprint density at radius 1 is 1.14 bits per heavy atom. The molecule has 0 unspecified atom stereocenters. The molecule has 0 amide bonds. The quantitative estimate of drug-likeness (QED) is 0.647. The average Bonchev–Trinajstić information content (AvgIpc) is 2.92. The molecule has 0 aliphatic heterocycles. The highest BCUT2D eigenvalue weighted by Crippen LogP contribution is 2.30. The van der Waals surface area contributed by atoms with Crippen molar-refractivity contribution in [3.63, 3.8) is 0 Å². The third-order valence-electron chi connectivity index (χ3n) is 3.14. The fourth-order valence-corrected chi connectivity index (χ4v) is 3.11. The molecular formula is C17H14ClNOS. The van der Waals surface area contributed by atoms with Crippen LogP contribution in [0.1, 0.15) is 11.3 Å². The molecule has 0 bridgehead atoms. The lowest BCUT2D eigenvalue weighted by Crippen LogP contribution is -1.95. The molecule has 0 spiro atoms. The van der Waals surface area contributed by atoms with Gasteiger partial charge >= 0.3 is 0 Å². The molecule has 1 heterocycles. The number of thiazole rings is 1. The predicted octanol–water partition coefficient (Wildman–Crippen LogP) is 5.35. The summed E-state index contributed by atoms with van der Waals surface area (Å²) in [4.78, 5) is 5.47. The molecule has 0 atom stereocenters. The normalized spacial score (nSPS) is 10.6. The van der Waals surface area contributed by atoms with Gasteiger partial charge in [-0.3, -0.25) is 0 Å². The predicted molar refractivity (Wildman–Crippen MR) is 88.1 cm³/mol. The number of aromatic nitrogens is 1. The number of nitrogens with zero attached hydrogens (tertiary/aromatic N) is 1. The van der Waals surface area contributed by atoms with Crippen LogP contribution in [0, 0.1) is 6.92 Å². The van der Waals surface area contributed by atoms with Crippen LogP contribution in [0.3, 0.4) is 0 Å². The second kappa shape index (κ2) is 6.29. The largest absolute Gasteiger partial charge is 0.489 e. The van der Waals surface area contributed by atoms with Crippen molar-refractivity contribution >= 4 is 22.9 Å². The molecule has 0 aliphatic carbocycles. The van der Waals surface area contributed by atoms with E-state index in [9.17, 15) is 0 Å². The zero-order chi connectivity index (χ0) is 14.7. The van der Waals surface area contributed by atoms with Crippen LogP contribution in [0.5, 0.6) is 5.75 Å². The Morgan fingerprint density at radius 2 is 2.00 bits per heavy atom. The highest BCUT2D eigenvalue weighted by atomic mass is 35.5. The zero-order valence-corrected chi connectivity index (χ0v) is 13.1. The van der Waals surface area contributed by atoms with Crippen LogP contribution in [0.15, 0.2) is 54.0 Å². The lowest BCUT2D eigenvalue weighted by Gasteiger charge is -2.08. The third kappa shape index (κ3) is 3.43. The van der Waals surface area contributed by atoms with Crippen LogP contribution in [0.25, 0.3) is 10.4 Å². The number of ether oxygens (including phenoxy) is 1. The third-order valence-corrected chi connectivity index (χ3v) is 4.35. The van der Waals surface area contributed by atoms with Crippen LogP contribution in [0.4, 0.5) is 0 Å². The number of halogens is 1. The first-order chi connectivity index (χ1) is 10.2. The van der Waals surface area contributed by atoms with Crippen LogP contribution >= 0.6 is 22.9 Å². The number of hydrogen-bond acceptors (Lipinski definition) is 3. The van der Waals surface area contributed by atoms with Crippen molar-refractivity contribution in [1.82, 2.24) is 4.98 Å². The van der Waals surface area contributed by atoms with Gasteiger partial charge in [0.05, 0.1) is 16.1 Å². The van der Waals surface area contributed by atoms with Gasteiger partial charge in [-0.1, -0.05) is 35.9 Å². The van der Waals surface area contributed by atoms with Crippen molar-refractivity contribution in [2.24, 2.45) is 0 Å². The maximum absolute atomic E-state index is 5.98. The standard InChI is InChI=1S/C17H14ClNOS/c1-12-17(21-11-19-12)14-5-3-7-16(9-14)20-10-13-4-2-6-15(18)8-13/h2-9,11H,10H2,1H3. The van der Waals surface area contributed by atoms with Crippen molar-refractivity contribution in [2.75, 3.05) is 0 Å². The number of rotatable bonds is 4. The van der Waals surface area contributed by atoms with E-state index in [0.717, 1.165) is 27.6 Å². The lowest BCUT2D eigenvalue weighted by molar-refractivity contribution is 0.306. The van der Waals surface area contributed by atoms with Crippen LogP contribution in [-0.2, 0) is 6.61 Å². The van der Waals surface area contributed by atoms with Gasteiger partial charge in [-0.05, 0) is 42.3 Å². The van der Waals surface area contributed by atoms with Gasteiger partial charge in [0.15, 0.2) is 0 Å². The van der Waals surface area contributed by atoms with Crippen molar-refractivity contribution < 1.29 is 4.74 Å². The zero-order valence-electron chi connectivity index (χ0n) is 11.5. The monoisotopic (exact) mass is 315 g/mol. The highest BCUT2D eigenvalue weighted by Gasteiger charge is 2.06. The van der Waals surface area contributed by atoms with Gasteiger partial charge < -0.3 is 4.74 Å². The molecular weight excluding hydrogens is 302 g/mol. The Hall–Kier alpha value is -1.84. The van der Waals surface area contributed by atoms with E-state index < -0.39 is 0 Å². The SMILES string of the molecule is Cc1ncsc1-c1cccc(OCc2cccc(Cl)c2)c1. The van der Waals surface area contributed by atoms with Crippen LogP contribution < -0.4 is 4.74 Å². The summed E-state index contributed by atoms with van der Waals surface area (Å²) in [5.74, 6) is 0.847. The van der Waals surface area contributed by atoms with E-state index in [1.54, 1.807) is 11.3 Å². The van der Waals surface area contributed by atoms with Gasteiger partial charge in [0, 0.05) is 5.02 Å². The molecule has 0 saturated carbocycles. The molecule has 1 aromatic heterocycles. The van der Waals surface area contributed by atoms with Crippen LogP contribution in [0.2, 0.25) is 5.02 Å². The first kappa shape index (κ1) is 14.1. The van der Waals surface area contributed by atoms with E-state index in [4.69, 9.17) is 16.3 Å². The van der Waals surface area contributed by atoms with Crippen molar-refractivity contribution in [1.29, 1.82) is 0 Å². The fourth-order valence-electron chi connectivity index (χ4n) is 2.10. The first-order valence-electron chi connectivity index (χ1n) is 6.60. The number of aryl methyl sites for hydroxylation is 1. The molecule has 0 saturated heterocycles. The Labute approximate surface area is 133 Å². The summed E-state index contributed by atoms with van der Waals surface area (Å²) in [6.07, 6.45) is 0. The van der Waals surface area contributed by atoms with E-state index in [2.05, 4.69) is 11.1 Å². The van der Waals surface area contributed by atoms with Gasteiger partial charge in [0.1, 0.15) is 12.4 Å². The number of hydrogen-bond donors (Lipinski definition) is 0. The second-order valence-electron chi connectivity index (χ2n) is 4.71. The Morgan fingerprint density at radius 3 is 2.76 bits per heavy atom. The Kier molecular flexibility index (Phi) is 4.23.